The molecule has 0 radical (unpaired) electrons. The van der Waals surface area contributed by atoms with Gasteiger partial charge in [0.25, 0.3) is 0 Å². The Morgan fingerprint density at radius 1 is 1.12 bits per heavy atom. The highest BCUT2D eigenvalue weighted by Crippen LogP contribution is 1.92. The third-order valence-corrected chi connectivity index (χ3v) is 1.64. The molecule has 0 amide bonds. The zero-order valence-electron chi connectivity index (χ0n) is 11.4. The van der Waals surface area contributed by atoms with Gasteiger partial charge >= 0.3 is 0 Å². The van der Waals surface area contributed by atoms with Crippen molar-refractivity contribution in [3.05, 3.63) is 30.1 Å². The zero-order valence-corrected chi connectivity index (χ0v) is 11.4. The van der Waals surface area contributed by atoms with E-state index in [4.69, 9.17) is 10.2 Å². The quantitative estimate of drug-likeness (QED) is 0.832. The van der Waals surface area contributed by atoms with Crippen LogP contribution in [0.1, 0.15) is 19.5 Å². The molecule has 0 bridgehead atoms. The van der Waals surface area contributed by atoms with Crippen LogP contribution in [0.15, 0.2) is 24.4 Å². The van der Waals surface area contributed by atoms with Gasteiger partial charge < -0.3 is 15.1 Å². The second-order valence-corrected chi connectivity index (χ2v) is 3.32. The summed E-state index contributed by atoms with van der Waals surface area (Å²) in [4.78, 5) is 5.94. The smallest absolute Gasteiger partial charge is 0.0558 e. The summed E-state index contributed by atoms with van der Waals surface area (Å²) < 4.78 is 0. The molecule has 2 N–H and O–H groups in total. The molecule has 1 aromatic heterocycles. The van der Waals surface area contributed by atoms with Crippen molar-refractivity contribution >= 4 is 0 Å². The summed E-state index contributed by atoms with van der Waals surface area (Å²) in [6, 6.07) is 5.68. The van der Waals surface area contributed by atoms with Gasteiger partial charge in [0.05, 0.1) is 6.61 Å². The zero-order chi connectivity index (χ0) is 13.5. The lowest BCUT2D eigenvalue weighted by atomic mass is 10.3. The molecule has 0 unspecified atom stereocenters. The first-order valence-corrected chi connectivity index (χ1v) is 5.97. The third-order valence-electron chi connectivity index (χ3n) is 1.64. The summed E-state index contributed by atoms with van der Waals surface area (Å²) in [5, 5.41) is 16.7. The minimum atomic E-state index is 0.178. The van der Waals surface area contributed by atoms with Gasteiger partial charge in [0.2, 0.25) is 0 Å². The Balaban J connectivity index is 0. The van der Waals surface area contributed by atoms with Crippen LogP contribution >= 0.6 is 0 Å². The van der Waals surface area contributed by atoms with Crippen LogP contribution in [-0.2, 0) is 6.42 Å². The van der Waals surface area contributed by atoms with Crippen molar-refractivity contribution in [1.29, 1.82) is 0 Å². The minimum absolute atomic E-state index is 0.178. The summed E-state index contributed by atoms with van der Waals surface area (Å²) >= 11 is 0. The van der Waals surface area contributed by atoms with Crippen molar-refractivity contribution in [2.75, 3.05) is 33.9 Å². The molecule has 1 aromatic rings. The Kier molecular flexibility index (Phi) is 16.3. The fourth-order valence-corrected chi connectivity index (χ4v) is 0.861. The van der Waals surface area contributed by atoms with E-state index in [9.17, 15) is 0 Å². The summed E-state index contributed by atoms with van der Waals surface area (Å²) in [6.45, 7) is 5.20. The second kappa shape index (κ2) is 15.0. The average Bonchev–Trinajstić information content (AvgIpc) is 2.34. The lowest BCUT2D eigenvalue weighted by Crippen LogP contribution is -2.15. The van der Waals surface area contributed by atoms with E-state index < -0.39 is 0 Å². The fourth-order valence-electron chi connectivity index (χ4n) is 0.861. The number of aliphatic hydroxyl groups excluding tert-OH is 2. The predicted molar refractivity (Wildman–Crippen MR) is 72.0 cm³/mol. The topological polar surface area (TPSA) is 56.6 Å². The molecule has 1 rings (SSSR count). The van der Waals surface area contributed by atoms with Gasteiger partial charge in [-0.2, -0.15) is 0 Å². The van der Waals surface area contributed by atoms with E-state index in [-0.39, 0.29) is 13.2 Å². The maximum atomic E-state index is 8.48. The van der Waals surface area contributed by atoms with E-state index in [1.807, 2.05) is 51.0 Å². The Bertz CT molecular complexity index is 228. The minimum Gasteiger partial charge on any atom is -0.396 e. The van der Waals surface area contributed by atoms with Crippen molar-refractivity contribution in [1.82, 2.24) is 9.88 Å². The molecular weight excluding hydrogens is 216 g/mol. The van der Waals surface area contributed by atoms with Crippen LogP contribution in [0.4, 0.5) is 0 Å². The van der Waals surface area contributed by atoms with Gasteiger partial charge in [-0.05, 0) is 26.2 Å². The highest BCUT2D eigenvalue weighted by molar-refractivity contribution is 5.03. The van der Waals surface area contributed by atoms with E-state index in [2.05, 4.69) is 4.98 Å². The first kappa shape index (κ1) is 18.4. The Labute approximate surface area is 105 Å². The molecule has 17 heavy (non-hydrogen) atoms. The molecule has 0 aromatic carbocycles. The second-order valence-electron chi connectivity index (χ2n) is 3.32. The highest BCUT2D eigenvalue weighted by Gasteiger charge is 1.87. The van der Waals surface area contributed by atoms with E-state index in [0.29, 0.717) is 6.42 Å². The van der Waals surface area contributed by atoms with E-state index in [1.165, 1.54) is 0 Å². The van der Waals surface area contributed by atoms with Crippen LogP contribution in [-0.4, -0.2) is 54.0 Å². The van der Waals surface area contributed by atoms with Gasteiger partial charge in [-0.25, -0.2) is 0 Å². The first-order valence-electron chi connectivity index (χ1n) is 5.97. The third kappa shape index (κ3) is 15.0. The maximum absolute atomic E-state index is 8.48. The molecule has 4 nitrogen and oxygen atoms in total. The van der Waals surface area contributed by atoms with Gasteiger partial charge in [-0.15, -0.1) is 0 Å². The molecule has 100 valence electrons. The molecule has 0 atom stereocenters. The largest absolute Gasteiger partial charge is 0.396 e. The summed E-state index contributed by atoms with van der Waals surface area (Å²) in [6.07, 6.45) is 2.38. The van der Waals surface area contributed by atoms with Gasteiger partial charge in [0.1, 0.15) is 0 Å². The van der Waals surface area contributed by atoms with Crippen LogP contribution in [0.5, 0.6) is 0 Å². The maximum Gasteiger partial charge on any atom is 0.0558 e. The summed E-state index contributed by atoms with van der Waals surface area (Å²) in [5.41, 5.74) is 0.944. The fraction of sp³-hybridized carbons (Fsp3) is 0.615. The number of aromatic nitrogens is 1. The molecule has 1 heterocycles. The summed E-state index contributed by atoms with van der Waals surface area (Å²) in [5.74, 6) is 0. The van der Waals surface area contributed by atoms with Gasteiger partial charge in [-0.3, -0.25) is 4.98 Å². The first-order chi connectivity index (χ1) is 8.20. The summed E-state index contributed by atoms with van der Waals surface area (Å²) in [7, 11) is 3.85. The molecule has 0 saturated heterocycles. The normalized spacial score (nSPS) is 8.88. The number of likely N-dealkylation sites (N-methyl/N-ethyl adjacent to an activating group) is 1. The van der Waals surface area contributed by atoms with Crippen molar-refractivity contribution in [3.63, 3.8) is 0 Å². The van der Waals surface area contributed by atoms with Gasteiger partial charge in [-0.1, -0.05) is 19.9 Å². The number of hydrogen-bond acceptors (Lipinski definition) is 4. The molecule has 4 heteroatoms. The van der Waals surface area contributed by atoms with E-state index in [0.717, 1.165) is 12.2 Å². The molecule has 0 fully saturated rings. The molecule has 0 aliphatic heterocycles. The van der Waals surface area contributed by atoms with Gasteiger partial charge in [0.15, 0.2) is 0 Å². The van der Waals surface area contributed by atoms with Crippen LogP contribution in [0, 0.1) is 0 Å². The van der Waals surface area contributed by atoms with Crippen LogP contribution in [0.3, 0.4) is 0 Å². The molecular formula is C13H26N2O2. The van der Waals surface area contributed by atoms with E-state index in [1.54, 1.807) is 6.20 Å². The number of nitrogens with zero attached hydrogens (tertiary/aromatic N) is 2. The van der Waals surface area contributed by atoms with Crippen molar-refractivity contribution in [3.8, 4) is 0 Å². The number of pyridine rings is 1. The Hall–Kier alpha value is -0.970. The molecule has 0 aliphatic carbocycles. The van der Waals surface area contributed by atoms with E-state index >= 15 is 0 Å². The Morgan fingerprint density at radius 3 is 2.06 bits per heavy atom. The monoisotopic (exact) mass is 242 g/mol. The number of rotatable bonds is 4. The van der Waals surface area contributed by atoms with Crippen LogP contribution < -0.4 is 0 Å². The lowest BCUT2D eigenvalue weighted by Gasteiger charge is -2.03. The SMILES string of the molecule is CC.CN(C)CCO.OCCc1ccccn1. The molecule has 0 saturated carbocycles. The van der Waals surface area contributed by atoms with Gasteiger partial charge in [0, 0.05) is 31.5 Å². The standard InChI is InChI=1S/C7H9NO.C4H11NO.C2H6/c9-6-4-7-3-1-2-5-8-7;1-5(2)3-4-6;1-2/h1-3,5,9H,4,6H2;6H,3-4H2,1-2H3;1-2H3. The van der Waals surface area contributed by atoms with Crippen molar-refractivity contribution < 1.29 is 10.2 Å². The average molecular weight is 242 g/mol. The van der Waals surface area contributed by atoms with Crippen LogP contribution in [0.2, 0.25) is 0 Å². The van der Waals surface area contributed by atoms with Crippen LogP contribution in [0.25, 0.3) is 0 Å². The lowest BCUT2D eigenvalue weighted by molar-refractivity contribution is 0.243. The predicted octanol–water partition coefficient (Wildman–Crippen LogP) is 1.18. The van der Waals surface area contributed by atoms with Crippen molar-refractivity contribution in [2.24, 2.45) is 0 Å². The molecule has 0 spiro atoms. The molecule has 0 aliphatic rings. The Morgan fingerprint density at radius 2 is 1.76 bits per heavy atom. The number of hydrogen-bond donors (Lipinski definition) is 2. The number of aliphatic hydroxyl groups is 2. The van der Waals surface area contributed by atoms with Crippen molar-refractivity contribution in [2.45, 2.75) is 20.3 Å². The highest BCUT2D eigenvalue weighted by atomic mass is 16.3.